The summed E-state index contributed by atoms with van der Waals surface area (Å²) in [6.45, 7) is 3.09. The van der Waals surface area contributed by atoms with Crippen LogP contribution in [0.4, 0.5) is 0 Å². The van der Waals surface area contributed by atoms with Crippen LogP contribution in [-0.2, 0) is 4.74 Å². The van der Waals surface area contributed by atoms with Crippen molar-refractivity contribution in [3.63, 3.8) is 0 Å². The summed E-state index contributed by atoms with van der Waals surface area (Å²) in [5.41, 5.74) is 1.52. The molecule has 7 nitrogen and oxygen atoms in total. The Bertz CT molecular complexity index is 614. The number of carbonyl (C=O) groups is 1. The molecule has 1 aliphatic rings. The number of nitrogens with zero attached hydrogens (tertiary/aromatic N) is 3. The Kier molecular flexibility index (Phi) is 3.92. The van der Waals surface area contributed by atoms with Gasteiger partial charge in [-0.2, -0.15) is 5.10 Å². The lowest BCUT2D eigenvalue weighted by Crippen LogP contribution is -2.31. The number of hydrogen-bond donors (Lipinski definition) is 2. The maximum Gasteiger partial charge on any atom is 0.251 e. The van der Waals surface area contributed by atoms with Crippen molar-refractivity contribution in [2.24, 2.45) is 5.92 Å². The monoisotopic (exact) mass is 287 g/mol. The number of amides is 1. The van der Waals surface area contributed by atoms with E-state index in [4.69, 9.17) is 4.74 Å². The zero-order chi connectivity index (χ0) is 14.7. The van der Waals surface area contributed by atoms with Crippen LogP contribution >= 0.6 is 0 Å². The molecule has 1 amide bonds. The molecule has 1 saturated heterocycles. The number of carbonyl (C=O) groups excluding carboxylic acids is 1. The standard InChI is InChI=1S/C14H17N5O2/c1-9-6-15-4-2-11(9)14(20)16-7-10-3-5-21-12(10)13-17-8-18-19-13/h2,4,6,8,10,12H,3,5,7H2,1H3,(H,16,20)(H,17,18,19)/t10-,12-/m0/s1. The van der Waals surface area contributed by atoms with E-state index in [0.29, 0.717) is 24.5 Å². The fourth-order valence-corrected chi connectivity index (χ4v) is 2.54. The van der Waals surface area contributed by atoms with Gasteiger partial charge in [0.05, 0.1) is 0 Å². The molecule has 0 radical (unpaired) electrons. The summed E-state index contributed by atoms with van der Waals surface area (Å²) < 4.78 is 5.68. The molecule has 2 N–H and O–H groups in total. The minimum absolute atomic E-state index is 0.0851. The Morgan fingerprint density at radius 2 is 2.48 bits per heavy atom. The lowest BCUT2D eigenvalue weighted by Gasteiger charge is -2.17. The Labute approximate surface area is 122 Å². The molecule has 3 heterocycles. The van der Waals surface area contributed by atoms with E-state index in [0.717, 1.165) is 12.0 Å². The molecule has 0 unspecified atom stereocenters. The van der Waals surface area contributed by atoms with Crippen molar-refractivity contribution < 1.29 is 9.53 Å². The zero-order valence-electron chi connectivity index (χ0n) is 11.7. The highest BCUT2D eigenvalue weighted by Crippen LogP contribution is 2.31. The van der Waals surface area contributed by atoms with Crippen molar-refractivity contribution >= 4 is 5.91 Å². The zero-order valence-corrected chi connectivity index (χ0v) is 11.7. The largest absolute Gasteiger partial charge is 0.370 e. The first-order chi connectivity index (χ1) is 10.3. The van der Waals surface area contributed by atoms with E-state index in [2.05, 4.69) is 25.5 Å². The van der Waals surface area contributed by atoms with Crippen molar-refractivity contribution in [1.82, 2.24) is 25.5 Å². The number of aromatic amines is 1. The molecule has 2 aromatic rings. The molecule has 0 aliphatic carbocycles. The second-order valence-electron chi connectivity index (χ2n) is 5.11. The third kappa shape index (κ3) is 2.92. The van der Waals surface area contributed by atoms with Gasteiger partial charge in [0.1, 0.15) is 12.4 Å². The maximum absolute atomic E-state index is 12.2. The smallest absolute Gasteiger partial charge is 0.251 e. The fraction of sp³-hybridized carbons (Fsp3) is 0.429. The van der Waals surface area contributed by atoms with E-state index in [9.17, 15) is 4.79 Å². The van der Waals surface area contributed by atoms with Gasteiger partial charge in [-0.25, -0.2) is 4.98 Å². The number of aromatic nitrogens is 4. The highest BCUT2D eigenvalue weighted by Gasteiger charge is 2.32. The Morgan fingerprint density at radius 3 is 3.24 bits per heavy atom. The normalized spacial score (nSPS) is 21.4. The summed E-state index contributed by atoms with van der Waals surface area (Å²) >= 11 is 0. The number of rotatable bonds is 4. The summed E-state index contributed by atoms with van der Waals surface area (Å²) in [4.78, 5) is 20.3. The number of ether oxygens (including phenoxy) is 1. The second kappa shape index (κ2) is 6.01. The van der Waals surface area contributed by atoms with E-state index >= 15 is 0 Å². The molecule has 21 heavy (non-hydrogen) atoms. The van der Waals surface area contributed by atoms with Crippen molar-refractivity contribution in [2.75, 3.05) is 13.2 Å². The van der Waals surface area contributed by atoms with Gasteiger partial charge in [-0.3, -0.25) is 14.9 Å². The van der Waals surface area contributed by atoms with Crippen LogP contribution in [-0.4, -0.2) is 39.2 Å². The van der Waals surface area contributed by atoms with E-state index in [1.165, 1.54) is 6.33 Å². The summed E-state index contributed by atoms with van der Waals surface area (Å²) in [7, 11) is 0. The first kappa shape index (κ1) is 13.7. The summed E-state index contributed by atoms with van der Waals surface area (Å²) in [6.07, 6.45) is 5.53. The second-order valence-corrected chi connectivity index (χ2v) is 5.11. The molecule has 0 bridgehead atoms. The van der Waals surface area contributed by atoms with Gasteiger partial charge in [0.15, 0.2) is 5.82 Å². The van der Waals surface area contributed by atoms with Gasteiger partial charge in [-0.15, -0.1) is 0 Å². The third-order valence-corrected chi connectivity index (χ3v) is 3.71. The van der Waals surface area contributed by atoms with Gasteiger partial charge < -0.3 is 10.1 Å². The van der Waals surface area contributed by atoms with E-state index in [1.807, 2.05) is 6.92 Å². The Morgan fingerprint density at radius 1 is 1.57 bits per heavy atom. The third-order valence-electron chi connectivity index (χ3n) is 3.71. The van der Waals surface area contributed by atoms with Gasteiger partial charge in [-0.05, 0) is 25.0 Å². The molecule has 110 valence electrons. The average Bonchev–Trinajstić information content (AvgIpc) is 3.16. The number of pyridine rings is 1. The van der Waals surface area contributed by atoms with Crippen molar-refractivity contribution in [3.8, 4) is 0 Å². The van der Waals surface area contributed by atoms with Gasteiger partial charge >= 0.3 is 0 Å². The number of nitrogens with one attached hydrogen (secondary N) is 2. The van der Waals surface area contributed by atoms with Crippen molar-refractivity contribution in [2.45, 2.75) is 19.4 Å². The van der Waals surface area contributed by atoms with Crippen LogP contribution in [0.2, 0.25) is 0 Å². The van der Waals surface area contributed by atoms with E-state index in [-0.39, 0.29) is 17.9 Å². The predicted molar refractivity (Wildman–Crippen MR) is 74.5 cm³/mol. The SMILES string of the molecule is Cc1cnccc1C(=O)NC[C@@H]1CCO[C@@H]1c1ncn[nH]1. The average molecular weight is 287 g/mol. The van der Waals surface area contributed by atoms with Gasteiger partial charge in [0.2, 0.25) is 0 Å². The Hall–Kier alpha value is -2.28. The number of hydrogen-bond acceptors (Lipinski definition) is 5. The molecule has 1 aliphatic heterocycles. The van der Waals surface area contributed by atoms with Crippen LogP contribution in [0.3, 0.4) is 0 Å². The number of H-pyrrole nitrogens is 1. The van der Waals surface area contributed by atoms with Gasteiger partial charge in [0, 0.05) is 37.0 Å². The molecule has 2 atom stereocenters. The fourth-order valence-electron chi connectivity index (χ4n) is 2.54. The van der Waals surface area contributed by atoms with E-state index < -0.39 is 0 Å². The quantitative estimate of drug-likeness (QED) is 0.875. The Balaban J connectivity index is 1.62. The molecule has 1 fully saturated rings. The first-order valence-electron chi connectivity index (χ1n) is 6.91. The summed E-state index contributed by atoms with van der Waals surface area (Å²) in [5, 5.41) is 9.64. The van der Waals surface area contributed by atoms with Gasteiger partial charge in [-0.1, -0.05) is 0 Å². The van der Waals surface area contributed by atoms with Crippen LogP contribution < -0.4 is 5.32 Å². The van der Waals surface area contributed by atoms with Crippen LogP contribution in [0, 0.1) is 12.8 Å². The lowest BCUT2D eigenvalue weighted by molar-refractivity contribution is 0.0798. The van der Waals surface area contributed by atoms with Crippen molar-refractivity contribution in [1.29, 1.82) is 0 Å². The number of aryl methyl sites for hydroxylation is 1. The molecule has 0 aromatic carbocycles. The molecular weight excluding hydrogens is 270 g/mol. The topological polar surface area (TPSA) is 92.8 Å². The van der Waals surface area contributed by atoms with Gasteiger partial charge in [0.25, 0.3) is 5.91 Å². The van der Waals surface area contributed by atoms with Crippen LogP contribution in [0.5, 0.6) is 0 Å². The molecular formula is C14H17N5O2. The van der Waals surface area contributed by atoms with Crippen LogP contribution in [0.15, 0.2) is 24.8 Å². The predicted octanol–water partition coefficient (Wildman–Crippen LogP) is 1.02. The highest BCUT2D eigenvalue weighted by atomic mass is 16.5. The molecule has 0 saturated carbocycles. The maximum atomic E-state index is 12.2. The molecule has 3 rings (SSSR count). The van der Waals surface area contributed by atoms with Crippen molar-refractivity contribution in [3.05, 3.63) is 41.7 Å². The van der Waals surface area contributed by atoms with Crippen LogP contribution in [0.25, 0.3) is 0 Å². The van der Waals surface area contributed by atoms with E-state index in [1.54, 1.807) is 18.5 Å². The molecule has 7 heteroatoms. The molecule has 0 spiro atoms. The highest BCUT2D eigenvalue weighted by molar-refractivity contribution is 5.95. The lowest BCUT2D eigenvalue weighted by atomic mass is 10.0. The minimum Gasteiger partial charge on any atom is -0.370 e. The first-order valence-corrected chi connectivity index (χ1v) is 6.91. The minimum atomic E-state index is -0.133. The summed E-state index contributed by atoms with van der Waals surface area (Å²) in [6, 6.07) is 1.73. The summed E-state index contributed by atoms with van der Waals surface area (Å²) in [5.74, 6) is 0.828. The molecule has 2 aromatic heterocycles. The van der Waals surface area contributed by atoms with Crippen LogP contribution in [0.1, 0.15) is 34.3 Å².